The molecule has 0 atom stereocenters. The van der Waals surface area contributed by atoms with E-state index in [0.29, 0.717) is 6.42 Å². The fraction of sp³-hybridized carbons (Fsp3) is 0.278. The van der Waals surface area contributed by atoms with Crippen molar-refractivity contribution in [2.75, 3.05) is 5.32 Å². The third-order valence-corrected chi connectivity index (χ3v) is 3.55. The van der Waals surface area contributed by atoms with Gasteiger partial charge in [-0.3, -0.25) is 0 Å². The molecule has 0 unspecified atom stereocenters. The molecule has 0 spiro atoms. The number of aryl methyl sites for hydroxylation is 2. The Labute approximate surface area is 121 Å². The van der Waals surface area contributed by atoms with Gasteiger partial charge in [-0.05, 0) is 35.6 Å². The van der Waals surface area contributed by atoms with Gasteiger partial charge in [0.1, 0.15) is 0 Å². The van der Waals surface area contributed by atoms with Gasteiger partial charge in [0.25, 0.3) is 0 Å². The lowest BCUT2D eigenvalue weighted by Crippen LogP contribution is -2.02. The van der Waals surface area contributed by atoms with Crippen LogP contribution in [0, 0.1) is 11.3 Å². The van der Waals surface area contributed by atoms with Crippen LogP contribution in [-0.4, -0.2) is 0 Å². The normalized spacial score (nSPS) is 10.1. The van der Waals surface area contributed by atoms with Gasteiger partial charge in [-0.25, -0.2) is 0 Å². The zero-order valence-corrected chi connectivity index (χ0v) is 12.1. The van der Waals surface area contributed by atoms with Crippen molar-refractivity contribution in [3.63, 3.8) is 0 Å². The lowest BCUT2D eigenvalue weighted by molar-refractivity contribution is 1.09. The topological polar surface area (TPSA) is 35.8 Å². The summed E-state index contributed by atoms with van der Waals surface area (Å²) in [4.78, 5) is 0. The van der Waals surface area contributed by atoms with Crippen LogP contribution in [0.2, 0.25) is 0 Å². The molecule has 2 heteroatoms. The van der Waals surface area contributed by atoms with E-state index in [4.69, 9.17) is 5.26 Å². The number of hydrogen-bond donors (Lipinski definition) is 1. The summed E-state index contributed by atoms with van der Waals surface area (Å²) in [5, 5.41) is 12.5. The van der Waals surface area contributed by atoms with E-state index in [1.165, 1.54) is 16.8 Å². The minimum Gasteiger partial charge on any atom is -0.355 e. The maximum atomic E-state index is 8.93. The van der Waals surface area contributed by atoms with Crippen molar-refractivity contribution in [2.24, 2.45) is 0 Å². The van der Waals surface area contributed by atoms with Crippen molar-refractivity contribution in [1.29, 1.82) is 5.26 Å². The van der Waals surface area contributed by atoms with Crippen LogP contribution in [-0.2, 0) is 19.3 Å². The van der Waals surface area contributed by atoms with E-state index in [1.807, 2.05) is 24.3 Å². The predicted molar refractivity (Wildman–Crippen MR) is 84.2 cm³/mol. The first-order valence-electron chi connectivity index (χ1n) is 7.12. The van der Waals surface area contributed by atoms with E-state index in [0.717, 1.165) is 24.1 Å². The number of para-hydroxylation sites is 2. The van der Waals surface area contributed by atoms with E-state index in [2.05, 4.69) is 43.4 Å². The van der Waals surface area contributed by atoms with Crippen LogP contribution in [0.15, 0.2) is 42.5 Å². The second-order valence-electron chi connectivity index (χ2n) is 4.78. The molecule has 0 aliphatic rings. The molecule has 2 aromatic rings. The molecule has 2 rings (SSSR count). The maximum absolute atomic E-state index is 8.93. The third kappa shape index (κ3) is 3.00. The molecule has 102 valence electrons. The second-order valence-corrected chi connectivity index (χ2v) is 4.78. The van der Waals surface area contributed by atoms with Crippen LogP contribution in [0.3, 0.4) is 0 Å². The lowest BCUT2D eigenvalue weighted by Gasteiger charge is -2.17. The highest BCUT2D eigenvalue weighted by molar-refractivity contribution is 5.69. The highest BCUT2D eigenvalue weighted by atomic mass is 14.9. The van der Waals surface area contributed by atoms with E-state index < -0.39 is 0 Å². The van der Waals surface area contributed by atoms with Gasteiger partial charge in [0.2, 0.25) is 0 Å². The van der Waals surface area contributed by atoms with E-state index >= 15 is 0 Å². The van der Waals surface area contributed by atoms with Crippen LogP contribution in [0.25, 0.3) is 0 Å². The Morgan fingerprint density at radius 1 is 0.900 bits per heavy atom. The number of benzene rings is 2. The van der Waals surface area contributed by atoms with E-state index in [-0.39, 0.29) is 0 Å². The molecular formula is C18H20N2. The molecule has 0 aliphatic carbocycles. The first-order valence-corrected chi connectivity index (χ1v) is 7.12. The summed E-state index contributed by atoms with van der Waals surface area (Å²) < 4.78 is 0. The van der Waals surface area contributed by atoms with E-state index in [9.17, 15) is 0 Å². The van der Waals surface area contributed by atoms with Gasteiger partial charge in [-0.1, -0.05) is 50.2 Å². The van der Waals surface area contributed by atoms with Gasteiger partial charge in [-0.15, -0.1) is 0 Å². The summed E-state index contributed by atoms with van der Waals surface area (Å²) >= 11 is 0. The molecule has 1 N–H and O–H groups in total. The first kappa shape index (κ1) is 14.1. The number of rotatable bonds is 5. The Balaban J connectivity index is 2.42. The summed E-state index contributed by atoms with van der Waals surface area (Å²) in [6.07, 6.45) is 2.42. The molecule has 0 aliphatic heterocycles. The highest BCUT2D eigenvalue weighted by Gasteiger charge is 2.08. The maximum Gasteiger partial charge on any atom is 0.0670 e. The molecule has 0 saturated heterocycles. The number of hydrogen-bond acceptors (Lipinski definition) is 2. The SMILES string of the molecule is CCc1cccc(CC)c1Nc1ccccc1CC#N. The van der Waals surface area contributed by atoms with Crippen LogP contribution in [0.5, 0.6) is 0 Å². The zero-order chi connectivity index (χ0) is 14.4. The third-order valence-electron chi connectivity index (χ3n) is 3.55. The Kier molecular flexibility index (Phi) is 4.79. The van der Waals surface area contributed by atoms with Crippen molar-refractivity contribution < 1.29 is 0 Å². The second kappa shape index (κ2) is 6.77. The van der Waals surface area contributed by atoms with Gasteiger partial charge in [0.05, 0.1) is 12.5 Å². The molecule has 0 fully saturated rings. The van der Waals surface area contributed by atoms with Crippen LogP contribution in [0.1, 0.15) is 30.5 Å². The molecule has 0 heterocycles. The Morgan fingerprint density at radius 3 is 2.10 bits per heavy atom. The van der Waals surface area contributed by atoms with Crippen molar-refractivity contribution in [3.05, 3.63) is 59.2 Å². The molecule has 0 radical (unpaired) electrons. The fourth-order valence-corrected chi connectivity index (χ4v) is 2.42. The Morgan fingerprint density at radius 2 is 1.50 bits per heavy atom. The molecule has 20 heavy (non-hydrogen) atoms. The van der Waals surface area contributed by atoms with Crippen molar-refractivity contribution in [1.82, 2.24) is 0 Å². The van der Waals surface area contributed by atoms with Gasteiger partial charge in [-0.2, -0.15) is 5.26 Å². The average molecular weight is 264 g/mol. The lowest BCUT2D eigenvalue weighted by atomic mass is 10.0. The number of anilines is 2. The molecule has 0 saturated carbocycles. The minimum atomic E-state index is 0.429. The zero-order valence-electron chi connectivity index (χ0n) is 12.1. The quantitative estimate of drug-likeness (QED) is 0.855. The van der Waals surface area contributed by atoms with Crippen molar-refractivity contribution >= 4 is 11.4 Å². The highest BCUT2D eigenvalue weighted by Crippen LogP contribution is 2.28. The van der Waals surface area contributed by atoms with E-state index in [1.54, 1.807) is 0 Å². The van der Waals surface area contributed by atoms with Crippen LogP contribution >= 0.6 is 0 Å². The van der Waals surface area contributed by atoms with Gasteiger partial charge in [0, 0.05) is 11.4 Å². The number of nitrogens with one attached hydrogen (secondary N) is 1. The average Bonchev–Trinajstić information content (AvgIpc) is 2.49. The van der Waals surface area contributed by atoms with Crippen LogP contribution in [0.4, 0.5) is 11.4 Å². The van der Waals surface area contributed by atoms with Gasteiger partial charge < -0.3 is 5.32 Å². The molecule has 0 amide bonds. The Bertz CT molecular complexity index is 601. The summed E-state index contributed by atoms with van der Waals surface area (Å²) in [5.74, 6) is 0. The minimum absolute atomic E-state index is 0.429. The summed E-state index contributed by atoms with van der Waals surface area (Å²) in [5.41, 5.74) is 5.91. The molecule has 0 bridgehead atoms. The number of nitriles is 1. The summed E-state index contributed by atoms with van der Waals surface area (Å²) in [7, 11) is 0. The van der Waals surface area contributed by atoms with Crippen LogP contribution < -0.4 is 5.32 Å². The predicted octanol–water partition coefficient (Wildman–Crippen LogP) is 4.62. The summed E-state index contributed by atoms with van der Waals surface area (Å²) in [6, 6.07) is 16.7. The summed E-state index contributed by atoms with van der Waals surface area (Å²) in [6.45, 7) is 4.34. The standard InChI is InChI=1S/C18H20N2/c1-3-14-9-7-10-15(4-2)18(14)20-17-11-6-5-8-16(17)12-13-19/h5-11,20H,3-4,12H2,1-2H3. The largest absolute Gasteiger partial charge is 0.355 e. The monoisotopic (exact) mass is 264 g/mol. The molecule has 2 aromatic carbocycles. The smallest absolute Gasteiger partial charge is 0.0670 e. The number of nitrogens with zero attached hydrogens (tertiary/aromatic N) is 1. The van der Waals surface area contributed by atoms with Gasteiger partial charge >= 0.3 is 0 Å². The van der Waals surface area contributed by atoms with Crippen molar-refractivity contribution in [3.8, 4) is 6.07 Å². The first-order chi connectivity index (χ1) is 9.80. The Hall–Kier alpha value is -2.27. The molecule has 2 nitrogen and oxygen atoms in total. The molecular weight excluding hydrogens is 244 g/mol. The molecule has 0 aromatic heterocycles. The van der Waals surface area contributed by atoms with Gasteiger partial charge in [0.15, 0.2) is 0 Å². The van der Waals surface area contributed by atoms with Crippen molar-refractivity contribution in [2.45, 2.75) is 33.1 Å². The fourth-order valence-electron chi connectivity index (χ4n) is 2.42.